The van der Waals surface area contributed by atoms with Crippen molar-refractivity contribution in [3.05, 3.63) is 11.6 Å². The Morgan fingerprint density at radius 2 is 2.27 bits per heavy atom. The topological polar surface area (TPSA) is 0 Å². The zero-order valence-electron chi connectivity index (χ0n) is 6.91. The van der Waals surface area contributed by atoms with E-state index < -0.39 is 0 Å². The Hall–Kier alpha value is 0.220. The van der Waals surface area contributed by atoms with Crippen LogP contribution in [0.4, 0.5) is 0 Å². The van der Waals surface area contributed by atoms with E-state index in [2.05, 4.69) is 22.0 Å². The van der Waals surface area contributed by atoms with Gasteiger partial charge in [-0.2, -0.15) is 0 Å². The van der Waals surface area contributed by atoms with Crippen LogP contribution >= 0.6 is 15.9 Å². The minimum Gasteiger partial charge on any atom is -0.0922 e. The molecular weight excluding hydrogens is 200 g/mol. The van der Waals surface area contributed by atoms with Gasteiger partial charge in [0, 0.05) is 5.33 Å². The van der Waals surface area contributed by atoms with Crippen LogP contribution in [0.1, 0.15) is 38.5 Å². The van der Waals surface area contributed by atoms with Crippen molar-refractivity contribution >= 4 is 15.9 Å². The number of halogens is 1. The standard InChI is InChI=1S/C10H15Br/c11-8-10(5-6-10)7-9-3-1-2-4-9/h3H,1-2,4-8H2. The van der Waals surface area contributed by atoms with Gasteiger partial charge in [-0.3, -0.25) is 0 Å². The molecule has 11 heavy (non-hydrogen) atoms. The first-order valence-electron chi connectivity index (χ1n) is 4.59. The van der Waals surface area contributed by atoms with Gasteiger partial charge in [-0.25, -0.2) is 0 Å². The predicted octanol–water partition coefficient (Wildman–Crippen LogP) is 3.66. The summed E-state index contributed by atoms with van der Waals surface area (Å²) in [4.78, 5) is 0. The fourth-order valence-corrected chi connectivity index (χ4v) is 2.67. The number of alkyl halides is 1. The van der Waals surface area contributed by atoms with E-state index in [0.717, 1.165) is 0 Å². The lowest BCUT2D eigenvalue weighted by Crippen LogP contribution is -2.02. The molecule has 0 aromatic carbocycles. The van der Waals surface area contributed by atoms with Crippen LogP contribution in [0.5, 0.6) is 0 Å². The van der Waals surface area contributed by atoms with Crippen LogP contribution in [0.25, 0.3) is 0 Å². The molecule has 0 unspecified atom stereocenters. The predicted molar refractivity (Wildman–Crippen MR) is 52.0 cm³/mol. The van der Waals surface area contributed by atoms with Crippen molar-refractivity contribution in [1.29, 1.82) is 0 Å². The molecule has 0 heterocycles. The molecule has 0 aliphatic heterocycles. The highest BCUT2D eigenvalue weighted by Crippen LogP contribution is 2.52. The molecule has 0 amide bonds. The Balaban J connectivity index is 1.89. The molecule has 62 valence electrons. The molecule has 2 aliphatic carbocycles. The monoisotopic (exact) mass is 214 g/mol. The molecule has 2 aliphatic rings. The SMILES string of the molecule is BrCC1(CC2=CCCC2)CC1. The van der Waals surface area contributed by atoms with E-state index in [1.54, 1.807) is 5.57 Å². The Kier molecular flexibility index (Phi) is 2.09. The lowest BCUT2D eigenvalue weighted by Gasteiger charge is -2.11. The fraction of sp³-hybridized carbons (Fsp3) is 0.800. The van der Waals surface area contributed by atoms with Gasteiger partial charge >= 0.3 is 0 Å². The summed E-state index contributed by atoms with van der Waals surface area (Å²) in [6.45, 7) is 0. The Morgan fingerprint density at radius 1 is 1.45 bits per heavy atom. The van der Waals surface area contributed by atoms with E-state index in [1.165, 1.54) is 43.9 Å². The van der Waals surface area contributed by atoms with Crippen molar-refractivity contribution in [1.82, 2.24) is 0 Å². The smallest absolute Gasteiger partial charge is 0.00910 e. The number of hydrogen-bond acceptors (Lipinski definition) is 0. The summed E-state index contributed by atoms with van der Waals surface area (Å²) < 4.78 is 0. The average molecular weight is 215 g/mol. The van der Waals surface area contributed by atoms with Crippen LogP contribution in [0.2, 0.25) is 0 Å². The molecule has 1 fully saturated rings. The highest BCUT2D eigenvalue weighted by molar-refractivity contribution is 9.09. The lowest BCUT2D eigenvalue weighted by atomic mass is 9.98. The molecule has 0 atom stereocenters. The normalized spacial score (nSPS) is 26.8. The first-order chi connectivity index (χ1) is 5.35. The molecule has 1 saturated carbocycles. The maximum Gasteiger partial charge on any atom is 0.00910 e. The lowest BCUT2D eigenvalue weighted by molar-refractivity contribution is 0.573. The highest BCUT2D eigenvalue weighted by Gasteiger charge is 2.41. The maximum absolute atomic E-state index is 3.61. The summed E-state index contributed by atoms with van der Waals surface area (Å²) in [5.74, 6) is 0. The van der Waals surface area contributed by atoms with Crippen LogP contribution in [0.3, 0.4) is 0 Å². The molecule has 0 aromatic heterocycles. The van der Waals surface area contributed by atoms with Crippen molar-refractivity contribution < 1.29 is 0 Å². The fourth-order valence-electron chi connectivity index (χ4n) is 1.91. The average Bonchev–Trinajstić information content (AvgIpc) is 2.59. The van der Waals surface area contributed by atoms with Crippen molar-refractivity contribution in [3.63, 3.8) is 0 Å². The summed E-state index contributed by atoms with van der Waals surface area (Å²) in [6.07, 6.45) is 10.9. The Bertz CT molecular complexity index is 177. The third kappa shape index (κ3) is 1.69. The summed E-state index contributed by atoms with van der Waals surface area (Å²) in [5, 5.41) is 1.22. The van der Waals surface area contributed by atoms with Crippen LogP contribution in [0, 0.1) is 5.41 Å². The van der Waals surface area contributed by atoms with Gasteiger partial charge in [0.1, 0.15) is 0 Å². The van der Waals surface area contributed by atoms with E-state index in [1.807, 2.05) is 0 Å². The number of hydrogen-bond donors (Lipinski definition) is 0. The third-order valence-electron chi connectivity index (χ3n) is 2.98. The largest absolute Gasteiger partial charge is 0.0922 e. The molecule has 1 heteroatoms. The molecule has 0 radical (unpaired) electrons. The first-order valence-corrected chi connectivity index (χ1v) is 5.71. The zero-order chi connectivity index (χ0) is 7.73. The van der Waals surface area contributed by atoms with Gasteiger partial charge in [-0.1, -0.05) is 27.6 Å². The van der Waals surface area contributed by atoms with Gasteiger partial charge in [0.15, 0.2) is 0 Å². The van der Waals surface area contributed by atoms with Gasteiger partial charge < -0.3 is 0 Å². The number of rotatable bonds is 3. The number of allylic oxidation sites excluding steroid dienone is 2. The molecule has 0 bridgehead atoms. The second-order valence-corrected chi connectivity index (χ2v) is 4.63. The summed E-state index contributed by atoms with van der Waals surface area (Å²) >= 11 is 3.61. The van der Waals surface area contributed by atoms with Gasteiger partial charge in [0.05, 0.1) is 0 Å². The van der Waals surface area contributed by atoms with E-state index in [4.69, 9.17) is 0 Å². The van der Waals surface area contributed by atoms with Crippen LogP contribution in [0.15, 0.2) is 11.6 Å². The minimum absolute atomic E-state index is 0.705. The molecular formula is C10H15Br. The van der Waals surface area contributed by atoms with Crippen LogP contribution in [-0.4, -0.2) is 5.33 Å². The quantitative estimate of drug-likeness (QED) is 0.497. The summed E-state index contributed by atoms with van der Waals surface area (Å²) in [6, 6.07) is 0. The van der Waals surface area contributed by atoms with E-state index in [9.17, 15) is 0 Å². The van der Waals surface area contributed by atoms with Crippen molar-refractivity contribution in [2.24, 2.45) is 5.41 Å². The van der Waals surface area contributed by atoms with E-state index >= 15 is 0 Å². The van der Waals surface area contributed by atoms with E-state index in [0.29, 0.717) is 5.41 Å². The molecule has 2 rings (SSSR count). The van der Waals surface area contributed by atoms with Crippen molar-refractivity contribution in [3.8, 4) is 0 Å². The van der Waals surface area contributed by atoms with Crippen molar-refractivity contribution in [2.75, 3.05) is 5.33 Å². The van der Waals surface area contributed by atoms with Gasteiger partial charge in [-0.05, 0) is 43.9 Å². The van der Waals surface area contributed by atoms with Crippen LogP contribution in [-0.2, 0) is 0 Å². The second-order valence-electron chi connectivity index (χ2n) is 4.07. The molecule has 0 nitrogen and oxygen atoms in total. The van der Waals surface area contributed by atoms with E-state index in [-0.39, 0.29) is 0 Å². The molecule has 0 spiro atoms. The highest BCUT2D eigenvalue weighted by atomic mass is 79.9. The summed E-state index contributed by atoms with van der Waals surface area (Å²) in [5.41, 5.74) is 2.44. The van der Waals surface area contributed by atoms with Crippen LogP contribution < -0.4 is 0 Å². The molecule has 0 saturated heterocycles. The van der Waals surface area contributed by atoms with Gasteiger partial charge in [0.25, 0.3) is 0 Å². The summed E-state index contributed by atoms with van der Waals surface area (Å²) in [7, 11) is 0. The minimum atomic E-state index is 0.705. The van der Waals surface area contributed by atoms with Crippen molar-refractivity contribution in [2.45, 2.75) is 38.5 Å². The second kappa shape index (κ2) is 2.93. The zero-order valence-corrected chi connectivity index (χ0v) is 8.49. The third-order valence-corrected chi connectivity index (χ3v) is 4.17. The molecule has 0 N–H and O–H groups in total. The Morgan fingerprint density at radius 3 is 2.73 bits per heavy atom. The van der Waals surface area contributed by atoms with Gasteiger partial charge in [0.2, 0.25) is 0 Å². The molecule has 0 aromatic rings. The Labute approximate surface area is 77.2 Å². The van der Waals surface area contributed by atoms with Gasteiger partial charge in [-0.15, -0.1) is 0 Å². The maximum atomic E-state index is 3.61. The first kappa shape index (κ1) is 7.85.